The minimum atomic E-state index is -4.41. The van der Waals surface area contributed by atoms with Gasteiger partial charge in [0.15, 0.2) is 0 Å². The molecule has 1 aromatic heterocycles. The second kappa shape index (κ2) is 4.70. The van der Waals surface area contributed by atoms with Crippen molar-refractivity contribution in [2.75, 3.05) is 0 Å². The highest BCUT2D eigenvalue weighted by molar-refractivity contribution is 5.37. The molecule has 2 aromatic rings. The number of aromatic nitrogens is 2. The minimum Gasteiger partial charge on any atom is -0.319 e. The molecule has 0 aliphatic carbocycles. The van der Waals surface area contributed by atoms with Crippen LogP contribution < -0.4 is 5.73 Å². The maximum Gasteiger partial charge on any atom is 0.416 e. The summed E-state index contributed by atoms with van der Waals surface area (Å²) in [5.41, 5.74) is 6.58. The van der Waals surface area contributed by atoms with E-state index in [-0.39, 0.29) is 5.56 Å². The van der Waals surface area contributed by atoms with Gasteiger partial charge in [-0.2, -0.15) is 18.3 Å². The third-order valence-corrected chi connectivity index (χ3v) is 2.96. The van der Waals surface area contributed by atoms with Gasteiger partial charge < -0.3 is 5.73 Å². The molecule has 1 aromatic carbocycles. The lowest BCUT2D eigenvalue weighted by molar-refractivity contribution is -0.138. The molecule has 0 saturated heterocycles. The molecule has 0 radical (unpaired) electrons. The molecule has 19 heavy (non-hydrogen) atoms. The van der Waals surface area contributed by atoms with Crippen LogP contribution in [-0.4, -0.2) is 9.78 Å². The summed E-state index contributed by atoms with van der Waals surface area (Å²) in [5, 5.41) is 4.10. The molecule has 0 saturated carbocycles. The van der Waals surface area contributed by atoms with E-state index in [0.29, 0.717) is 5.69 Å². The second-order valence-electron chi connectivity index (χ2n) is 4.40. The summed E-state index contributed by atoms with van der Waals surface area (Å²) in [4.78, 5) is 0. The van der Waals surface area contributed by atoms with Crippen molar-refractivity contribution in [3.63, 3.8) is 0 Å². The van der Waals surface area contributed by atoms with E-state index >= 15 is 0 Å². The first-order valence-electron chi connectivity index (χ1n) is 5.73. The summed E-state index contributed by atoms with van der Waals surface area (Å²) in [6.07, 6.45) is -4.41. The Morgan fingerprint density at radius 3 is 2.42 bits per heavy atom. The Kier molecular flexibility index (Phi) is 3.36. The number of rotatable bonds is 2. The molecule has 1 heterocycles. The van der Waals surface area contributed by atoms with E-state index in [2.05, 4.69) is 5.10 Å². The first-order chi connectivity index (χ1) is 8.80. The third kappa shape index (κ3) is 2.63. The predicted molar refractivity (Wildman–Crippen MR) is 65.4 cm³/mol. The molecular weight excluding hydrogens is 255 g/mol. The number of nitrogens with two attached hydrogens (primary N) is 1. The van der Waals surface area contributed by atoms with Gasteiger partial charge in [0.25, 0.3) is 0 Å². The van der Waals surface area contributed by atoms with E-state index in [1.165, 1.54) is 16.8 Å². The highest BCUT2D eigenvalue weighted by Crippen LogP contribution is 2.35. The molecule has 1 atom stereocenters. The summed E-state index contributed by atoms with van der Waals surface area (Å²) in [6.45, 7) is 1.77. The van der Waals surface area contributed by atoms with Crippen molar-refractivity contribution < 1.29 is 13.2 Å². The Hall–Kier alpha value is -1.82. The van der Waals surface area contributed by atoms with Gasteiger partial charge in [0.1, 0.15) is 0 Å². The van der Waals surface area contributed by atoms with Crippen LogP contribution in [0.25, 0.3) is 0 Å². The summed E-state index contributed by atoms with van der Waals surface area (Å²) in [6, 6.07) is 6.18. The van der Waals surface area contributed by atoms with Crippen LogP contribution in [-0.2, 0) is 13.2 Å². The SMILES string of the molecule is Cc1cc(C(N)c2ccccc2C(F)(F)F)n(C)n1. The summed E-state index contributed by atoms with van der Waals surface area (Å²) in [5.74, 6) is 0. The van der Waals surface area contributed by atoms with Gasteiger partial charge in [-0.15, -0.1) is 0 Å². The third-order valence-electron chi connectivity index (χ3n) is 2.96. The van der Waals surface area contributed by atoms with Crippen LogP contribution in [0.1, 0.15) is 28.6 Å². The van der Waals surface area contributed by atoms with Crippen molar-refractivity contribution in [1.82, 2.24) is 9.78 Å². The predicted octanol–water partition coefficient (Wildman–Crippen LogP) is 2.80. The summed E-state index contributed by atoms with van der Waals surface area (Å²) < 4.78 is 40.4. The van der Waals surface area contributed by atoms with Gasteiger partial charge in [0, 0.05) is 7.05 Å². The molecule has 3 nitrogen and oxygen atoms in total. The van der Waals surface area contributed by atoms with Crippen molar-refractivity contribution in [3.05, 3.63) is 52.8 Å². The standard InChI is InChI=1S/C13H14F3N3/c1-8-7-11(19(2)18-8)12(17)9-5-3-4-6-10(9)13(14,15)16/h3-7,12H,17H2,1-2H3. The van der Waals surface area contributed by atoms with Crippen LogP contribution in [0.15, 0.2) is 30.3 Å². The molecule has 2 N–H and O–H groups in total. The zero-order valence-electron chi connectivity index (χ0n) is 10.6. The number of alkyl halides is 3. The fourth-order valence-electron chi connectivity index (χ4n) is 2.11. The lowest BCUT2D eigenvalue weighted by Gasteiger charge is -2.18. The van der Waals surface area contributed by atoms with E-state index in [1.54, 1.807) is 26.1 Å². The number of nitrogens with zero attached hydrogens (tertiary/aromatic N) is 2. The molecule has 6 heteroatoms. The van der Waals surface area contributed by atoms with Crippen LogP contribution in [0.2, 0.25) is 0 Å². The first-order valence-corrected chi connectivity index (χ1v) is 5.73. The van der Waals surface area contributed by atoms with Crippen molar-refractivity contribution in [2.45, 2.75) is 19.1 Å². The van der Waals surface area contributed by atoms with Crippen molar-refractivity contribution in [1.29, 1.82) is 0 Å². The van der Waals surface area contributed by atoms with Gasteiger partial charge in [-0.1, -0.05) is 18.2 Å². The molecule has 0 aliphatic rings. The Balaban J connectivity index is 2.50. The minimum absolute atomic E-state index is 0.0537. The highest BCUT2D eigenvalue weighted by atomic mass is 19.4. The van der Waals surface area contributed by atoms with Gasteiger partial charge in [-0.3, -0.25) is 4.68 Å². The Morgan fingerprint density at radius 2 is 1.89 bits per heavy atom. The quantitative estimate of drug-likeness (QED) is 0.911. The van der Waals surface area contributed by atoms with E-state index in [0.717, 1.165) is 11.8 Å². The van der Waals surface area contributed by atoms with Crippen LogP contribution in [0.5, 0.6) is 0 Å². The molecule has 0 amide bonds. The number of hydrogen-bond acceptors (Lipinski definition) is 2. The van der Waals surface area contributed by atoms with Gasteiger partial charge in [-0.05, 0) is 24.6 Å². The Bertz CT molecular complexity index is 587. The van der Waals surface area contributed by atoms with Gasteiger partial charge in [0.05, 0.1) is 23.0 Å². The van der Waals surface area contributed by atoms with E-state index < -0.39 is 17.8 Å². The lowest BCUT2D eigenvalue weighted by atomic mass is 9.98. The topological polar surface area (TPSA) is 43.8 Å². The molecule has 102 valence electrons. The smallest absolute Gasteiger partial charge is 0.319 e. The Labute approximate surface area is 108 Å². The van der Waals surface area contributed by atoms with Crippen LogP contribution in [0.3, 0.4) is 0 Å². The fraction of sp³-hybridized carbons (Fsp3) is 0.308. The van der Waals surface area contributed by atoms with Crippen molar-refractivity contribution >= 4 is 0 Å². The summed E-state index contributed by atoms with van der Waals surface area (Å²) in [7, 11) is 1.67. The van der Waals surface area contributed by atoms with Crippen LogP contribution in [0, 0.1) is 6.92 Å². The number of halogens is 3. The average Bonchev–Trinajstić information content (AvgIpc) is 2.66. The monoisotopic (exact) mass is 269 g/mol. The molecule has 0 bridgehead atoms. The van der Waals surface area contributed by atoms with Crippen molar-refractivity contribution in [2.24, 2.45) is 12.8 Å². The van der Waals surface area contributed by atoms with Crippen LogP contribution >= 0.6 is 0 Å². The van der Waals surface area contributed by atoms with Gasteiger partial charge in [-0.25, -0.2) is 0 Å². The zero-order valence-corrected chi connectivity index (χ0v) is 10.6. The average molecular weight is 269 g/mol. The van der Waals surface area contributed by atoms with Crippen LogP contribution in [0.4, 0.5) is 13.2 Å². The molecule has 0 aliphatic heterocycles. The zero-order chi connectivity index (χ0) is 14.2. The molecular formula is C13H14F3N3. The maximum absolute atomic E-state index is 13.0. The molecule has 1 unspecified atom stereocenters. The maximum atomic E-state index is 13.0. The van der Waals surface area contributed by atoms with E-state index in [4.69, 9.17) is 5.73 Å². The Morgan fingerprint density at radius 1 is 1.26 bits per heavy atom. The highest BCUT2D eigenvalue weighted by Gasteiger charge is 2.35. The number of benzene rings is 1. The largest absolute Gasteiger partial charge is 0.416 e. The first kappa shape index (κ1) is 13.6. The second-order valence-corrected chi connectivity index (χ2v) is 4.40. The normalized spacial score (nSPS) is 13.6. The summed E-state index contributed by atoms with van der Waals surface area (Å²) >= 11 is 0. The molecule has 0 fully saturated rings. The van der Waals surface area contributed by atoms with Crippen molar-refractivity contribution in [3.8, 4) is 0 Å². The number of aryl methyl sites for hydroxylation is 2. The van der Waals surface area contributed by atoms with E-state index in [9.17, 15) is 13.2 Å². The molecule has 0 spiro atoms. The van der Waals surface area contributed by atoms with Gasteiger partial charge in [0.2, 0.25) is 0 Å². The molecule has 2 rings (SSSR count). The lowest BCUT2D eigenvalue weighted by Crippen LogP contribution is -2.20. The number of hydrogen-bond donors (Lipinski definition) is 1. The van der Waals surface area contributed by atoms with Gasteiger partial charge >= 0.3 is 6.18 Å². The van der Waals surface area contributed by atoms with E-state index in [1.807, 2.05) is 0 Å². The fourth-order valence-corrected chi connectivity index (χ4v) is 2.11.